The molecule has 2 nitrogen and oxygen atoms in total. The van der Waals surface area contributed by atoms with Crippen LogP contribution >= 0.6 is 0 Å². The van der Waals surface area contributed by atoms with E-state index in [1.54, 1.807) is 6.92 Å². The monoisotopic (exact) mass is 246 g/mol. The van der Waals surface area contributed by atoms with E-state index < -0.39 is 0 Å². The maximum Gasteiger partial charge on any atom is 0.330 e. The topological polar surface area (TPSA) is 26.3 Å². The molecule has 98 valence electrons. The molecule has 0 unspecified atom stereocenters. The first-order valence-electron chi connectivity index (χ1n) is 6.30. The summed E-state index contributed by atoms with van der Waals surface area (Å²) >= 11 is 0. The molecule has 1 aromatic carbocycles. The highest BCUT2D eigenvalue weighted by atomic mass is 16.5. The minimum atomic E-state index is -0.283. The first kappa shape index (κ1) is 14.5. The van der Waals surface area contributed by atoms with Crippen LogP contribution in [0.2, 0.25) is 0 Å². The van der Waals surface area contributed by atoms with Crippen molar-refractivity contribution in [3.8, 4) is 0 Å². The summed E-state index contributed by atoms with van der Waals surface area (Å²) in [6.45, 7) is 10.6. The van der Waals surface area contributed by atoms with Gasteiger partial charge in [0, 0.05) is 11.5 Å². The highest BCUT2D eigenvalue weighted by Gasteiger charge is 2.17. The van der Waals surface area contributed by atoms with E-state index in [1.807, 2.05) is 6.08 Å². The van der Waals surface area contributed by atoms with E-state index in [9.17, 15) is 4.79 Å². The molecule has 0 saturated carbocycles. The van der Waals surface area contributed by atoms with Gasteiger partial charge in [-0.25, -0.2) is 4.79 Å². The summed E-state index contributed by atoms with van der Waals surface area (Å²) in [5, 5.41) is 0. The Bertz CT molecular complexity index is 456. The summed E-state index contributed by atoms with van der Waals surface area (Å²) in [6.07, 6.45) is 3.41. The fourth-order valence-corrected chi connectivity index (χ4v) is 1.71. The number of aryl methyl sites for hydroxylation is 2. The third-order valence-corrected chi connectivity index (χ3v) is 3.17. The average molecular weight is 246 g/mol. The van der Waals surface area contributed by atoms with Crippen LogP contribution in [-0.4, -0.2) is 12.6 Å². The van der Waals surface area contributed by atoms with Crippen LogP contribution in [0.25, 0.3) is 0 Å². The normalized spacial score (nSPS) is 11.8. The van der Waals surface area contributed by atoms with Crippen molar-refractivity contribution < 1.29 is 9.53 Å². The van der Waals surface area contributed by atoms with Crippen molar-refractivity contribution in [3.05, 3.63) is 47.0 Å². The molecule has 0 spiro atoms. The van der Waals surface area contributed by atoms with Gasteiger partial charge >= 0.3 is 5.97 Å². The van der Waals surface area contributed by atoms with Crippen molar-refractivity contribution in [2.24, 2.45) is 0 Å². The summed E-state index contributed by atoms with van der Waals surface area (Å²) < 4.78 is 4.89. The molecule has 1 aromatic rings. The van der Waals surface area contributed by atoms with Gasteiger partial charge in [0.1, 0.15) is 0 Å². The van der Waals surface area contributed by atoms with E-state index >= 15 is 0 Å². The predicted molar refractivity (Wildman–Crippen MR) is 74.7 cm³/mol. The maximum atomic E-state index is 11.3. The van der Waals surface area contributed by atoms with E-state index in [0.29, 0.717) is 6.61 Å². The lowest BCUT2D eigenvalue weighted by Gasteiger charge is -2.22. The summed E-state index contributed by atoms with van der Waals surface area (Å²) in [6, 6.07) is 6.40. The Kier molecular flexibility index (Phi) is 4.71. The van der Waals surface area contributed by atoms with Crippen LogP contribution in [0.15, 0.2) is 30.4 Å². The molecule has 1 rings (SSSR count). The molecule has 0 fully saturated rings. The number of allylic oxidation sites excluding steroid dienone is 1. The summed E-state index contributed by atoms with van der Waals surface area (Å²) in [5.41, 5.74) is 3.57. The fourth-order valence-electron chi connectivity index (χ4n) is 1.71. The van der Waals surface area contributed by atoms with Crippen LogP contribution in [0, 0.1) is 13.8 Å². The molecule has 0 radical (unpaired) electrons. The van der Waals surface area contributed by atoms with Gasteiger partial charge < -0.3 is 4.74 Å². The Balaban J connectivity index is 2.91. The van der Waals surface area contributed by atoms with Crippen LogP contribution in [0.4, 0.5) is 0 Å². The molecule has 0 aliphatic rings. The number of ether oxygens (including phenoxy) is 1. The number of esters is 1. The summed E-state index contributed by atoms with van der Waals surface area (Å²) in [5.74, 6) is -0.283. The molecule has 0 amide bonds. The zero-order chi connectivity index (χ0) is 13.8. The van der Waals surface area contributed by atoms with Gasteiger partial charge in [-0.2, -0.15) is 0 Å². The van der Waals surface area contributed by atoms with E-state index in [-0.39, 0.29) is 11.4 Å². The highest BCUT2D eigenvalue weighted by Crippen LogP contribution is 2.26. The standard InChI is InChI=1S/C16H22O2/c1-6-18-15(17)9-10-16(4,5)14-8-7-12(2)13(3)11-14/h7-11H,6H2,1-5H3/b10-9+. The van der Waals surface area contributed by atoms with Gasteiger partial charge in [-0.3, -0.25) is 0 Å². The highest BCUT2D eigenvalue weighted by molar-refractivity contribution is 5.82. The average Bonchev–Trinajstić information content (AvgIpc) is 2.30. The first-order valence-corrected chi connectivity index (χ1v) is 6.30. The zero-order valence-electron chi connectivity index (χ0n) is 11.9. The smallest absolute Gasteiger partial charge is 0.330 e. The minimum absolute atomic E-state index is 0.175. The number of benzene rings is 1. The predicted octanol–water partition coefficient (Wildman–Crippen LogP) is 3.70. The van der Waals surface area contributed by atoms with Gasteiger partial charge in [-0.15, -0.1) is 0 Å². The van der Waals surface area contributed by atoms with Crippen molar-refractivity contribution in [1.82, 2.24) is 0 Å². The molecular formula is C16H22O2. The van der Waals surface area contributed by atoms with Gasteiger partial charge in [0.05, 0.1) is 6.61 Å². The van der Waals surface area contributed by atoms with Gasteiger partial charge in [0.2, 0.25) is 0 Å². The molecule has 2 heteroatoms. The summed E-state index contributed by atoms with van der Waals surface area (Å²) in [7, 11) is 0. The number of hydrogen-bond acceptors (Lipinski definition) is 2. The zero-order valence-corrected chi connectivity index (χ0v) is 11.9. The molecule has 18 heavy (non-hydrogen) atoms. The Morgan fingerprint density at radius 2 is 1.94 bits per heavy atom. The number of carbonyl (C=O) groups is 1. The fraction of sp³-hybridized carbons (Fsp3) is 0.438. The van der Waals surface area contributed by atoms with Crippen molar-refractivity contribution in [1.29, 1.82) is 0 Å². The van der Waals surface area contributed by atoms with Crippen LogP contribution < -0.4 is 0 Å². The minimum Gasteiger partial charge on any atom is -0.463 e. The number of rotatable bonds is 4. The molecule has 0 atom stereocenters. The van der Waals surface area contributed by atoms with E-state index in [1.165, 1.54) is 22.8 Å². The van der Waals surface area contributed by atoms with Crippen LogP contribution in [0.5, 0.6) is 0 Å². The van der Waals surface area contributed by atoms with E-state index in [0.717, 1.165) is 0 Å². The molecule has 0 heterocycles. The Morgan fingerprint density at radius 1 is 1.28 bits per heavy atom. The Morgan fingerprint density at radius 3 is 2.50 bits per heavy atom. The quantitative estimate of drug-likeness (QED) is 0.598. The largest absolute Gasteiger partial charge is 0.463 e. The Hall–Kier alpha value is -1.57. The molecule has 0 saturated heterocycles. The van der Waals surface area contributed by atoms with Gasteiger partial charge in [0.15, 0.2) is 0 Å². The number of hydrogen-bond donors (Lipinski definition) is 0. The second kappa shape index (κ2) is 5.85. The lowest BCUT2D eigenvalue weighted by atomic mass is 9.83. The lowest BCUT2D eigenvalue weighted by Crippen LogP contribution is -2.15. The lowest BCUT2D eigenvalue weighted by molar-refractivity contribution is -0.137. The first-order chi connectivity index (χ1) is 8.36. The molecule has 0 aliphatic carbocycles. The molecule has 0 aromatic heterocycles. The van der Waals surface area contributed by atoms with E-state index in [2.05, 4.69) is 45.9 Å². The molecule has 0 N–H and O–H groups in total. The van der Waals surface area contributed by atoms with Crippen LogP contribution in [0.1, 0.15) is 37.5 Å². The van der Waals surface area contributed by atoms with Gasteiger partial charge in [-0.05, 0) is 37.5 Å². The summed E-state index contributed by atoms with van der Waals surface area (Å²) in [4.78, 5) is 11.3. The van der Waals surface area contributed by atoms with Crippen LogP contribution in [-0.2, 0) is 14.9 Å². The van der Waals surface area contributed by atoms with Crippen molar-refractivity contribution in [3.63, 3.8) is 0 Å². The van der Waals surface area contributed by atoms with Crippen molar-refractivity contribution in [2.45, 2.75) is 40.0 Å². The van der Waals surface area contributed by atoms with Gasteiger partial charge in [0.25, 0.3) is 0 Å². The molecule has 0 aliphatic heterocycles. The maximum absolute atomic E-state index is 11.3. The third-order valence-electron chi connectivity index (χ3n) is 3.17. The molecular weight excluding hydrogens is 224 g/mol. The van der Waals surface area contributed by atoms with E-state index in [4.69, 9.17) is 4.74 Å². The van der Waals surface area contributed by atoms with Gasteiger partial charge in [-0.1, -0.05) is 38.1 Å². The Labute approximate surface area is 110 Å². The van der Waals surface area contributed by atoms with Crippen molar-refractivity contribution in [2.75, 3.05) is 6.61 Å². The number of carbonyl (C=O) groups excluding carboxylic acids is 1. The van der Waals surface area contributed by atoms with Crippen LogP contribution in [0.3, 0.4) is 0 Å². The SMILES string of the molecule is CCOC(=O)/C=C/C(C)(C)c1ccc(C)c(C)c1. The second-order valence-electron chi connectivity index (χ2n) is 5.11. The van der Waals surface area contributed by atoms with Crippen molar-refractivity contribution >= 4 is 5.97 Å². The molecule has 0 bridgehead atoms. The second-order valence-corrected chi connectivity index (χ2v) is 5.11. The third kappa shape index (κ3) is 3.73.